The number of hydrogen-bond acceptors (Lipinski definition) is 1. The van der Waals surface area contributed by atoms with Crippen LogP contribution in [-0.4, -0.2) is 18.0 Å². The number of nitrogens with zero attached hydrogens (tertiary/aromatic N) is 1. The Morgan fingerprint density at radius 3 is 2.67 bits per heavy atom. The summed E-state index contributed by atoms with van der Waals surface area (Å²) in [6.45, 7) is 4.52. The van der Waals surface area contributed by atoms with Gasteiger partial charge in [-0.05, 0) is 43.9 Å². The van der Waals surface area contributed by atoms with Crippen molar-refractivity contribution in [1.29, 1.82) is 0 Å². The molecule has 1 aliphatic rings. The lowest BCUT2D eigenvalue weighted by Crippen LogP contribution is -2.35. The summed E-state index contributed by atoms with van der Waals surface area (Å²) in [7, 11) is 0. The van der Waals surface area contributed by atoms with Gasteiger partial charge in [-0.2, -0.15) is 0 Å². The van der Waals surface area contributed by atoms with Crippen LogP contribution < -0.4 is 0 Å². The molecule has 1 fully saturated rings. The zero-order chi connectivity index (χ0) is 13.0. The first-order valence-electron chi connectivity index (χ1n) is 6.86. The summed E-state index contributed by atoms with van der Waals surface area (Å²) in [6.07, 6.45) is 4.80. The number of halogens is 2. The maximum atomic E-state index is 13.6. The van der Waals surface area contributed by atoms with Crippen molar-refractivity contribution in [3.8, 4) is 0 Å². The van der Waals surface area contributed by atoms with Crippen LogP contribution in [0.25, 0.3) is 0 Å². The highest BCUT2D eigenvalue weighted by molar-refractivity contribution is 5.19. The minimum absolute atomic E-state index is 0.217. The van der Waals surface area contributed by atoms with Gasteiger partial charge in [0.1, 0.15) is 11.6 Å². The van der Waals surface area contributed by atoms with E-state index >= 15 is 0 Å². The molecule has 0 aromatic heterocycles. The predicted octanol–water partition coefficient (Wildman–Crippen LogP) is 3.98. The van der Waals surface area contributed by atoms with E-state index in [-0.39, 0.29) is 5.56 Å². The molecule has 0 amide bonds. The molecule has 18 heavy (non-hydrogen) atoms. The van der Waals surface area contributed by atoms with Crippen LogP contribution in [0.5, 0.6) is 0 Å². The number of rotatable bonds is 4. The van der Waals surface area contributed by atoms with Gasteiger partial charge in [-0.1, -0.05) is 19.4 Å². The van der Waals surface area contributed by atoms with Crippen LogP contribution in [0.3, 0.4) is 0 Å². The zero-order valence-corrected chi connectivity index (χ0v) is 11.0. The molecule has 1 aromatic rings. The lowest BCUT2D eigenvalue weighted by atomic mass is 9.93. The molecule has 1 heterocycles. The van der Waals surface area contributed by atoms with Crippen molar-refractivity contribution in [2.45, 2.75) is 39.2 Å². The number of likely N-dealkylation sites (tertiary alicyclic amines) is 1. The third-order valence-corrected chi connectivity index (χ3v) is 3.74. The molecule has 0 N–H and O–H groups in total. The molecule has 1 saturated heterocycles. The Hall–Kier alpha value is -0.960. The second-order valence-electron chi connectivity index (χ2n) is 5.23. The zero-order valence-electron chi connectivity index (χ0n) is 11.0. The highest BCUT2D eigenvalue weighted by atomic mass is 19.1. The fourth-order valence-corrected chi connectivity index (χ4v) is 2.85. The van der Waals surface area contributed by atoms with E-state index in [1.165, 1.54) is 37.5 Å². The number of piperidine rings is 1. The van der Waals surface area contributed by atoms with Gasteiger partial charge < -0.3 is 0 Å². The Balaban J connectivity index is 2.00. The van der Waals surface area contributed by atoms with Crippen molar-refractivity contribution in [3.63, 3.8) is 0 Å². The van der Waals surface area contributed by atoms with Crippen molar-refractivity contribution in [3.05, 3.63) is 35.4 Å². The van der Waals surface area contributed by atoms with Gasteiger partial charge in [0.2, 0.25) is 0 Å². The topological polar surface area (TPSA) is 3.24 Å². The highest BCUT2D eigenvalue weighted by Crippen LogP contribution is 2.23. The van der Waals surface area contributed by atoms with Crippen molar-refractivity contribution in [2.75, 3.05) is 13.1 Å². The predicted molar refractivity (Wildman–Crippen MR) is 69.3 cm³/mol. The lowest BCUT2D eigenvalue weighted by Gasteiger charge is -2.32. The average Bonchev–Trinajstić information content (AvgIpc) is 2.35. The van der Waals surface area contributed by atoms with Crippen molar-refractivity contribution >= 4 is 0 Å². The van der Waals surface area contributed by atoms with E-state index in [0.29, 0.717) is 12.5 Å². The van der Waals surface area contributed by atoms with Gasteiger partial charge in [0, 0.05) is 18.7 Å². The van der Waals surface area contributed by atoms with E-state index in [0.717, 1.165) is 19.5 Å². The fraction of sp³-hybridized carbons (Fsp3) is 0.600. The largest absolute Gasteiger partial charge is 0.299 e. The standard InChI is InChI=1S/C15H21F2N/c1-2-5-12-6-4-9-18(10-12)11-13-14(16)7-3-8-15(13)17/h3,7-8,12H,2,4-6,9-11H2,1H3/t12-/m1/s1. The van der Waals surface area contributed by atoms with Gasteiger partial charge in [0.05, 0.1) is 0 Å². The summed E-state index contributed by atoms with van der Waals surface area (Å²) in [5.41, 5.74) is 0.217. The minimum atomic E-state index is -0.424. The summed E-state index contributed by atoms with van der Waals surface area (Å²) in [5.74, 6) is -0.154. The molecule has 1 aromatic carbocycles. The third-order valence-electron chi connectivity index (χ3n) is 3.74. The molecular formula is C15H21F2N. The van der Waals surface area contributed by atoms with Crippen LogP contribution in [0, 0.1) is 17.6 Å². The smallest absolute Gasteiger partial charge is 0.130 e. The highest BCUT2D eigenvalue weighted by Gasteiger charge is 2.21. The quantitative estimate of drug-likeness (QED) is 0.784. The van der Waals surface area contributed by atoms with E-state index in [2.05, 4.69) is 11.8 Å². The second-order valence-corrected chi connectivity index (χ2v) is 5.23. The molecule has 0 unspecified atom stereocenters. The van der Waals surface area contributed by atoms with Crippen LogP contribution in [0.1, 0.15) is 38.2 Å². The molecule has 0 bridgehead atoms. The Labute approximate surface area is 108 Å². The number of benzene rings is 1. The van der Waals surface area contributed by atoms with Crippen LogP contribution in [-0.2, 0) is 6.54 Å². The summed E-state index contributed by atoms with van der Waals surface area (Å²) >= 11 is 0. The van der Waals surface area contributed by atoms with Gasteiger partial charge in [-0.15, -0.1) is 0 Å². The molecule has 100 valence electrons. The van der Waals surface area contributed by atoms with Gasteiger partial charge >= 0.3 is 0 Å². The molecule has 2 rings (SSSR count). The lowest BCUT2D eigenvalue weighted by molar-refractivity contribution is 0.158. The van der Waals surface area contributed by atoms with Crippen molar-refractivity contribution < 1.29 is 8.78 Å². The molecule has 0 saturated carbocycles. The maximum Gasteiger partial charge on any atom is 0.130 e. The van der Waals surface area contributed by atoms with Gasteiger partial charge in [0.25, 0.3) is 0 Å². The summed E-state index contributed by atoms with van der Waals surface area (Å²) in [5, 5.41) is 0. The van der Waals surface area contributed by atoms with E-state index in [9.17, 15) is 8.78 Å². The molecule has 1 atom stereocenters. The first kappa shape index (κ1) is 13.5. The summed E-state index contributed by atoms with van der Waals surface area (Å²) in [6, 6.07) is 4.10. The van der Waals surface area contributed by atoms with E-state index in [4.69, 9.17) is 0 Å². The van der Waals surface area contributed by atoms with E-state index in [1.807, 2.05) is 0 Å². The van der Waals surface area contributed by atoms with Gasteiger partial charge in [-0.25, -0.2) is 8.78 Å². The van der Waals surface area contributed by atoms with Crippen molar-refractivity contribution in [1.82, 2.24) is 4.90 Å². The first-order chi connectivity index (χ1) is 8.70. The normalized spacial score (nSPS) is 21.2. The summed E-state index contributed by atoms with van der Waals surface area (Å²) in [4.78, 5) is 2.19. The summed E-state index contributed by atoms with van der Waals surface area (Å²) < 4.78 is 27.2. The van der Waals surface area contributed by atoms with Crippen LogP contribution >= 0.6 is 0 Å². The molecular weight excluding hydrogens is 232 g/mol. The van der Waals surface area contributed by atoms with Gasteiger partial charge in [-0.3, -0.25) is 4.90 Å². The van der Waals surface area contributed by atoms with E-state index in [1.54, 1.807) is 0 Å². The van der Waals surface area contributed by atoms with E-state index < -0.39 is 11.6 Å². The Bertz CT molecular complexity index is 370. The SMILES string of the molecule is CCC[C@@H]1CCCN(Cc2c(F)cccc2F)C1. The Morgan fingerprint density at radius 1 is 1.28 bits per heavy atom. The molecule has 1 nitrogen and oxygen atoms in total. The van der Waals surface area contributed by atoms with Gasteiger partial charge in [0.15, 0.2) is 0 Å². The van der Waals surface area contributed by atoms with Crippen LogP contribution in [0.4, 0.5) is 8.78 Å². The van der Waals surface area contributed by atoms with Crippen LogP contribution in [0.15, 0.2) is 18.2 Å². The average molecular weight is 253 g/mol. The Morgan fingerprint density at radius 2 is 2.00 bits per heavy atom. The fourth-order valence-electron chi connectivity index (χ4n) is 2.85. The third kappa shape index (κ3) is 3.29. The molecule has 1 aliphatic heterocycles. The molecule has 3 heteroatoms. The first-order valence-corrected chi connectivity index (χ1v) is 6.86. The number of hydrogen-bond donors (Lipinski definition) is 0. The minimum Gasteiger partial charge on any atom is -0.299 e. The molecule has 0 aliphatic carbocycles. The Kier molecular flexibility index (Phi) is 4.70. The molecule has 0 radical (unpaired) electrons. The monoisotopic (exact) mass is 253 g/mol. The maximum absolute atomic E-state index is 13.6. The second kappa shape index (κ2) is 6.28. The van der Waals surface area contributed by atoms with Crippen molar-refractivity contribution in [2.24, 2.45) is 5.92 Å². The van der Waals surface area contributed by atoms with Crippen LogP contribution in [0.2, 0.25) is 0 Å². The molecule has 0 spiro atoms.